The molecule has 1 heterocycles. The van der Waals surface area contributed by atoms with Gasteiger partial charge in [0, 0.05) is 13.0 Å². The SMILES string of the molecule is O=C(NCc1ccccc1)C1=C[C@H](C2CCC2)C[C@H](OCc2ccc(CO)cc2)O1. The van der Waals surface area contributed by atoms with Gasteiger partial charge in [-0.05, 0) is 47.4 Å². The van der Waals surface area contributed by atoms with Crippen molar-refractivity contribution in [1.82, 2.24) is 5.32 Å². The number of aliphatic hydroxyl groups excluding tert-OH is 1. The summed E-state index contributed by atoms with van der Waals surface area (Å²) < 4.78 is 12.0. The van der Waals surface area contributed by atoms with Gasteiger partial charge in [-0.25, -0.2) is 0 Å². The van der Waals surface area contributed by atoms with Crippen LogP contribution in [-0.4, -0.2) is 17.3 Å². The Hall–Kier alpha value is -2.63. The van der Waals surface area contributed by atoms with E-state index in [4.69, 9.17) is 9.47 Å². The lowest BCUT2D eigenvalue weighted by Gasteiger charge is -2.37. The van der Waals surface area contributed by atoms with E-state index in [9.17, 15) is 9.90 Å². The Morgan fingerprint density at radius 1 is 1.03 bits per heavy atom. The third-order valence-corrected chi connectivity index (χ3v) is 6.00. The molecule has 0 radical (unpaired) electrons. The zero-order valence-corrected chi connectivity index (χ0v) is 17.1. The van der Waals surface area contributed by atoms with Gasteiger partial charge in [-0.1, -0.05) is 61.0 Å². The van der Waals surface area contributed by atoms with Crippen molar-refractivity contribution in [3.05, 3.63) is 83.1 Å². The molecule has 158 valence electrons. The van der Waals surface area contributed by atoms with Gasteiger partial charge in [0.1, 0.15) is 0 Å². The lowest BCUT2D eigenvalue weighted by atomic mass is 9.73. The number of carbonyl (C=O) groups is 1. The van der Waals surface area contributed by atoms with Crippen molar-refractivity contribution in [2.24, 2.45) is 11.8 Å². The van der Waals surface area contributed by atoms with Gasteiger partial charge >= 0.3 is 0 Å². The Balaban J connectivity index is 1.37. The summed E-state index contributed by atoms with van der Waals surface area (Å²) in [5, 5.41) is 12.1. The third-order valence-electron chi connectivity index (χ3n) is 6.00. The van der Waals surface area contributed by atoms with Gasteiger partial charge in [0.25, 0.3) is 5.91 Å². The van der Waals surface area contributed by atoms with Gasteiger partial charge in [0.05, 0.1) is 13.2 Å². The van der Waals surface area contributed by atoms with Crippen LogP contribution in [0.5, 0.6) is 0 Å². The third kappa shape index (κ3) is 5.29. The van der Waals surface area contributed by atoms with Crippen LogP contribution in [0.25, 0.3) is 0 Å². The molecule has 2 aliphatic rings. The van der Waals surface area contributed by atoms with E-state index in [0.29, 0.717) is 30.7 Å². The quantitative estimate of drug-likeness (QED) is 0.693. The van der Waals surface area contributed by atoms with Gasteiger partial charge in [-0.15, -0.1) is 0 Å². The van der Waals surface area contributed by atoms with E-state index in [0.717, 1.165) is 23.1 Å². The number of aliphatic hydroxyl groups is 1. The molecule has 0 bridgehead atoms. The van der Waals surface area contributed by atoms with E-state index in [1.165, 1.54) is 19.3 Å². The number of hydrogen-bond acceptors (Lipinski definition) is 4. The minimum Gasteiger partial charge on any atom is -0.459 e. The zero-order chi connectivity index (χ0) is 20.8. The summed E-state index contributed by atoms with van der Waals surface area (Å²) in [6, 6.07) is 17.5. The Bertz CT molecular complexity index is 858. The second kappa shape index (κ2) is 9.92. The standard InChI is InChI=1S/C25H29NO4/c27-16-19-9-11-20(12-10-19)17-29-24-14-22(21-7-4-8-21)13-23(30-24)25(28)26-15-18-5-2-1-3-6-18/h1-3,5-6,9-13,21-22,24,27H,4,7-8,14-17H2,(H,26,28)/t22-,24+/m0/s1. The molecule has 2 aromatic carbocycles. The van der Waals surface area contributed by atoms with Crippen LogP contribution in [0.1, 0.15) is 42.4 Å². The Kier molecular flexibility index (Phi) is 6.82. The molecule has 2 aromatic rings. The van der Waals surface area contributed by atoms with Crippen molar-refractivity contribution >= 4 is 5.91 Å². The predicted molar refractivity (Wildman–Crippen MR) is 114 cm³/mol. The van der Waals surface area contributed by atoms with E-state index in [1.807, 2.05) is 60.7 Å². The number of hydrogen-bond donors (Lipinski definition) is 2. The number of nitrogens with one attached hydrogen (secondary N) is 1. The van der Waals surface area contributed by atoms with Crippen LogP contribution in [0.2, 0.25) is 0 Å². The summed E-state index contributed by atoms with van der Waals surface area (Å²) in [6.45, 7) is 0.909. The molecule has 1 aliphatic heterocycles. The van der Waals surface area contributed by atoms with E-state index >= 15 is 0 Å². The molecule has 4 rings (SSSR count). The summed E-state index contributed by atoms with van der Waals surface area (Å²) in [5.41, 5.74) is 2.94. The maximum absolute atomic E-state index is 12.8. The fourth-order valence-electron chi connectivity index (χ4n) is 3.94. The van der Waals surface area contributed by atoms with E-state index < -0.39 is 6.29 Å². The van der Waals surface area contributed by atoms with E-state index in [1.54, 1.807) is 0 Å². The van der Waals surface area contributed by atoms with Crippen molar-refractivity contribution in [3.8, 4) is 0 Å². The molecule has 2 atom stereocenters. The number of ether oxygens (including phenoxy) is 2. The summed E-state index contributed by atoms with van der Waals surface area (Å²) in [5.74, 6) is 1.10. The maximum Gasteiger partial charge on any atom is 0.286 e. The van der Waals surface area contributed by atoms with Gasteiger partial charge in [0.2, 0.25) is 6.29 Å². The number of benzene rings is 2. The molecule has 30 heavy (non-hydrogen) atoms. The van der Waals surface area contributed by atoms with Crippen LogP contribution < -0.4 is 5.32 Å². The molecule has 0 aromatic heterocycles. The Morgan fingerprint density at radius 2 is 1.77 bits per heavy atom. The second-order valence-electron chi connectivity index (χ2n) is 8.12. The van der Waals surface area contributed by atoms with E-state index in [2.05, 4.69) is 5.32 Å². The highest BCUT2D eigenvalue weighted by atomic mass is 16.7. The molecule has 0 spiro atoms. The van der Waals surface area contributed by atoms with Crippen molar-refractivity contribution in [3.63, 3.8) is 0 Å². The number of amides is 1. The molecule has 5 nitrogen and oxygen atoms in total. The van der Waals surface area contributed by atoms with E-state index in [-0.39, 0.29) is 12.5 Å². The number of allylic oxidation sites excluding steroid dienone is 1. The number of rotatable bonds is 8. The van der Waals surface area contributed by atoms with Crippen LogP contribution in [-0.2, 0) is 34.0 Å². The van der Waals surface area contributed by atoms with Crippen molar-refractivity contribution < 1.29 is 19.4 Å². The minimum absolute atomic E-state index is 0.0299. The van der Waals surface area contributed by atoms with Crippen molar-refractivity contribution in [2.75, 3.05) is 0 Å². The fourth-order valence-corrected chi connectivity index (χ4v) is 3.94. The highest BCUT2D eigenvalue weighted by molar-refractivity contribution is 5.91. The molecule has 0 unspecified atom stereocenters. The first kappa shape index (κ1) is 20.6. The molecule has 2 N–H and O–H groups in total. The normalized spacial score (nSPS) is 21.3. The lowest BCUT2D eigenvalue weighted by Crippen LogP contribution is -2.36. The Morgan fingerprint density at radius 3 is 2.43 bits per heavy atom. The molecule has 0 saturated heterocycles. The largest absolute Gasteiger partial charge is 0.459 e. The highest BCUT2D eigenvalue weighted by Gasteiger charge is 2.34. The highest BCUT2D eigenvalue weighted by Crippen LogP contribution is 2.40. The molecule has 1 amide bonds. The first-order chi connectivity index (χ1) is 14.7. The van der Waals surface area contributed by atoms with Crippen molar-refractivity contribution in [1.29, 1.82) is 0 Å². The van der Waals surface area contributed by atoms with Crippen LogP contribution >= 0.6 is 0 Å². The zero-order valence-electron chi connectivity index (χ0n) is 17.1. The maximum atomic E-state index is 12.8. The van der Waals surface area contributed by atoms with Crippen molar-refractivity contribution in [2.45, 2.75) is 51.7 Å². The fraction of sp³-hybridized carbons (Fsp3) is 0.400. The van der Waals surface area contributed by atoms with Gasteiger partial charge < -0.3 is 19.9 Å². The lowest BCUT2D eigenvalue weighted by molar-refractivity contribution is -0.156. The second-order valence-corrected chi connectivity index (χ2v) is 8.12. The molecule has 1 fully saturated rings. The average molecular weight is 408 g/mol. The van der Waals surface area contributed by atoms with Gasteiger partial charge in [-0.2, -0.15) is 0 Å². The summed E-state index contributed by atoms with van der Waals surface area (Å²) in [7, 11) is 0. The summed E-state index contributed by atoms with van der Waals surface area (Å²) in [4.78, 5) is 12.8. The smallest absolute Gasteiger partial charge is 0.286 e. The van der Waals surface area contributed by atoms with Crippen LogP contribution in [0.3, 0.4) is 0 Å². The molecule has 5 heteroatoms. The minimum atomic E-state index is -0.435. The molecule has 1 saturated carbocycles. The molecule has 1 aliphatic carbocycles. The monoisotopic (exact) mass is 407 g/mol. The first-order valence-electron chi connectivity index (χ1n) is 10.7. The van der Waals surface area contributed by atoms with Gasteiger partial charge in [0.15, 0.2) is 5.76 Å². The topological polar surface area (TPSA) is 67.8 Å². The molecular weight excluding hydrogens is 378 g/mol. The predicted octanol–water partition coefficient (Wildman–Crippen LogP) is 4.06. The summed E-state index contributed by atoms with van der Waals surface area (Å²) in [6.07, 6.45) is 6.00. The van der Waals surface area contributed by atoms with Crippen LogP contribution in [0.4, 0.5) is 0 Å². The van der Waals surface area contributed by atoms with Crippen LogP contribution in [0.15, 0.2) is 66.4 Å². The first-order valence-corrected chi connectivity index (χ1v) is 10.7. The Labute approximate surface area is 177 Å². The van der Waals surface area contributed by atoms with Crippen LogP contribution in [0, 0.1) is 11.8 Å². The average Bonchev–Trinajstić information content (AvgIpc) is 2.76. The number of carbonyl (C=O) groups excluding carboxylic acids is 1. The summed E-state index contributed by atoms with van der Waals surface area (Å²) >= 11 is 0. The van der Waals surface area contributed by atoms with Gasteiger partial charge in [-0.3, -0.25) is 4.79 Å². The molecular formula is C25H29NO4.